The molecule has 0 aliphatic carbocycles. The van der Waals surface area contributed by atoms with E-state index in [2.05, 4.69) is 40.0 Å². The fraction of sp³-hybridized carbons (Fsp3) is 0.467. The Kier molecular flexibility index (Phi) is 7.00. The molecular weight excluding hydrogens is 293 g/mol. The summed E-state index contributed by atoms with van der Waals surface area (Å²) in [6.45, 7) is 4.89. The summed E-state index contributed by atoms with van der Waals surface area (Å²) in [7, 11) is 0. The first-order valence-electron chi connectivity index (χ1n) is 6.27. The van der Waals surface area contributed by atoms with Crippen molar-refractivity contribution in [2.75, 3.05) is 6.54 Å². The lowest BCUT2D eigenvalue weighted by atomic mass is 10.0. The highest BCUT2D eigenvalue weighted by atomic mass is 79.9. The third-order valence-electron chi connectivity index (χ3n) is 2.71. The van der Waals surface area contributed by atoms with E-state index in [1.165, 1.54) is 6.07 Å². The van der Waals surface area contributed by atoms with Crippen LogP contribution in [0.2, 0.25) is 0 Å². The summed E-state index contributed by atoms with van der Waals surface area (Å²) < 4.78 is 14.3. The van der Waals surface area contributed by atoms with Crippen LogP contribution in [0.1, 0.15) is 44.7 Å². The van der Waals surface area contributed by atoms with Gasteiger partial charge in [0.15, 0.2) is 0 Å². The van der Waals surface area contributed by atoms with Gasteiger partial charge in [0.05, 0.1) is 0 Å². The first-order valence-corrected chi connectivity index (χ1v) is 7.06. The fourth-order valence-electron chi connectivity index (χ4n) is 1.81. The molecular formula is C15H19BrFN. The van der Waals surface area contributed by atoms with E-state index in [1.807, 2.05) is 6.92 Å². The molecule has 1 aromatic rings. The Hall–Kier alpha value is -0.850. The molecule has 1 aromatic carbocycles. The highest BCUT2D eigenvalue weighted by Gasteiger charge is 2.14. The zero-order chi connectivity index (χ0) is 13.4. The van der Waals surface area contributed by atoms with Crippen LogP contribution in [-0.2, 0) is 0 Å². The monoisotopic (exact) mass is 311 g/mol. The minimum Gasteiger partial charge on any atom is -0.310 e. The van der Waals surface area contributed by atoms with Gasteiger partial charge in [0.25, 0.3) is 0 Å². The van der Waals surface area contributed by atoms with Crippen LogP contribution in [0.4, 0.5) is 4.39 Å². The molecule has 0 heterocycles. The standard InChI is InChI=1S/C15H19BrFN/c1-3-5-6-7-15(18-10-4-2)13-11-12(17)8-9-14(13)16/h8-9,11,15,18H,4,6-7,10H2,1-2H3. The van der Waals surface area contributed by atoms with Crippen molar-refractivity contribution in [1.29, 1.82) is 0 Å². The molecule has 1 nitrogen and oxygen atoms in total. The Morgan fingerprint density at radius 1 is 1.44 bits per heavy atom. The first-order chi connectivity index (χ1) is 8.69. The van der Waals surface area contributed by atoms with Crippen LogP contribution in [0.25, 0.3) is 0 Å². The molecule has 0 radical (unpaired) electrons. The maximum Gasteiger partial charge on any atom is 0.123 e. The van der Waals surface area contributed by atoms with E-state index >= 15 is 0 Å². The average molecular weight is 312 g/mol. The van der Waals surface area contributed by atoms with E-state index < -0.39 is 0 Å². The Balaban J connectivity index is 2.84. The van der Waals surface area contributed by atoms with Crippen LogP contribution in [-0.4, -0.2) is 6.54 Å². The molecule has 98 valence electrons. The topological polar surface area (TPSA) is 12.0 Å². The second kappa shape index (κ2) is 8.29. The van der Waals surface area contributed by atoms with E-state index in [1.54, 1.807) is 12.1 Å². The lowest BCUT2D eigenvalue weighted by molar-refractivity contribution is 0.500. The number of hydrogen-bond donors (Lipinski definition) is 1. The summed E-state index contributed by atoms with van der Waals surface area (Å²) in [6.07, 6.45) is 2.77. The van der Waals surface area contributed by atoms with Gasteiger partial charge in [-0.3, -0.25) is 0 Å². The summed E-state index contributed by atoms with van der Waals surface area (Å²) in [5.41, 5.74) is 0.973. The van der Waals surface area contributed by atoms with Gasteiger partial charge in [-0.1, -0.05) is 22.9 Å². The molecule has 0 fully saturated rings. The second-order valence-corrected chi connectivity index (χ2v) is 4.99. The summed E-state index contributed by atoms with van der Waals surface area (Å²) in [4.78, 5) is 0. The van der Waals surface area contributed by atoms with Crippen LogP contribution < -0.4 is 5.32 Å². The molecule has 0 saturated heterocycles. The molecule has 0 spiro atoms. The largest absolute Gasteiger partial charge is 0.310 e. The van der Waals surface area contributed by atoms with Gasteiger partial charge in [0.2, 0.25) is 0 Å². The van der Waals surface area contributed by atoms with E-state index in [0.717, 1.165) is 35.8 Å². The Morgan fingerprint density at radius 3 is 2.89 bits per heavy atom. The van der Waals surface area contributed by atoms with Crippen molar-refractivity contribution < 1.29 is 4.39 Å². The third-order valence-corrected chi connectivity index (χ3v) is 3.43. The predicted octanol–water partition coefficient (Wildman–Crippen LogP) is 4.43. The number of nitrogens with one attached hydrogen (secondary N) is 1. The van der Waals surface area contributed by atoms with Crippen molar-refractivity contribution in [3.63, 3.8) is 0 Å². The summed E-state index contributed by atoms with van der Waals surface area (Å²) in [5, 5.41) is 3.45. The average Bonchev–Trinajstić information content (AvgIpc) is 2.37. The molecule has 0 aliphatic heterocycles. The molecule has 0 bridgehead atoms. The molecule has 1 unspecified atom stereocenters. The van der Waals surface area contributed by atoms with Gasteiger partial charge in [-0.05, 0) is 50.1 Å². The van der Waals surface area contributed by atoms with Crippen molar-refractivity contribution >= 4 is 15.9 Å². The predicted molar refractivity (Wildman–Crippen MR) is 77.8 cm³/mol. The number of hydrogen-bond acceptors (Lipinski definition) is 1. The summed E-state index contributed by atoms with van der Waals surface area (Å²) in [6, 6.07) is 4.97. The second-order valence-electron chi connectivity index (χ2n) is 4.14. The van der Waals surface area contributed by atoms with Gasteiger partial charge in [0, 0.05) is 16.9 Å². The van der Waals surface area contributed by atoms with Gasteiger partial charge in [-0.2, -0.15) is 0 Å². The van der Waals surface area contributed by atoms with Crippen LogP contribution in [0, 0.1) is 17.7 Å². The minimum absolute atomic E-state index is 0.149. The van der Waals surface area contributed by atoms with Crippen molar-refractivity contribution in [1.82, 2.24) is 5.32 Å². The van der Waals surface area contributed by atoms with Crippen LogP contribution in [0.3, 0.4) is 0 Å². The highest BCUT2D eigenvalue weighted by molar-refractivity contribution is 9.10. The van der Waals surface area contributed by atoms with Gasteiger partial charge < -0.3 is 5.32 Å². The van der Waals surface area contributed by atoms with Gasteiger partial charge >= 0.3 is 0 Å². The molecule has 18 heavy (non-hydrogen) atoms. The summed E-state index contributed by atoms with van der Waals surface area (Å²) >= 11 is 3.49. The third kappa shape index (κ3) is 4.80. The van der Waals surface area contributed by atoms with Crippen LogP contribution in [0.15, 0.2) is 22.7 Å². The Bertz CT molecular complexity index is 434. The number of halogens is 2. The maximum absolute atomic E-state index is 13.3. The van der Waals surface area contributed by atoms with Crippen molar-refractivity contribution in [2.24, 2.45) is 0 Å². The van der Waals surface area contributed by atoms with E-state index in [4.69, 9.17) is 0 Å². The van der Waals surface area contributed by atoms with Crippen molar-refractivity contribution in [2.45, 2.75) is 39.2 Å². The van der Waals surface area contributed by atoms with Gasteiger partial charge in [0.1, 0.15) is 5.82 Å². The maximum atomic E-state index is 13.3. The number of benzene rings is 1. The normalized spacial score (nSPS) is 11.8. The molecule has 0 saturated carbocycles. The van der Waals surface area contributed by atoms with E-state index in [-0.39, 0.29) is 11.9 Å². The molecule has 1 rings (SSSR count). The van der Waals surface area contributed by atoms with Crippen LogP contribution in [0.5, 0.6) is 0 Å². The molecule has 0 amide bonds. The fourth-order valence-corrected chi connectivity index (χ4v) is 2.33. The molecule has 1 atom stereocenters. The minimum atomic E-state index is -0.196. The highest BCUT2D eigenvalue weighted by Crippen LogP contribution is 2.27. The number of rotatable bonds is 6. The van der Waals surface area contributed by atoms with E-state index in [9.17, 15) is 4.39 Å². The Labute approximate surface area is 117 Å². The lowest BCUT2D eigenvalue weighted by Gasteiger charge is -2.19. The van der Waals surface area contributed by atoms with Gasteiger partial charge in [-0.15, -0.1) is 11.8 Å². The van der Waals surface area contributed by atoms with Crippen LogP contribution >= 0.6 is 15.9 Å². The lowest BCUT2D eigenvalue weighted by Crippen LogP contribution is -2.22. The molecule has 0 aromatic heterocycles. The zero-order valence-corrected chi connectivity index (χ0v) is 12.5. The molecule has 0 aliphatic rings. The van der Waals surface area contributed by atoms with Gasteiger partial charge in [-0.25, -0.2) is 4.39 Å². The zero-order valence-electron chi connectivity index (χ0n) is 10.9. The first kappa shape index (κ1) is 15.2. The summed E-state index contributed by atoms with van der Waals surface area (Å²) in [5.74, 6) is 5.76. The Morgan fingerprint density at radius 2 is 2.22 bits per heavy atom. The molecule has 3 heteroatoms. The van der Waals surface area contributed by atoms with Crippen molar-refractivity contribution in [3.05, 3.63) is 34.1 Å². The quantitative estimate of drug-likeness (QED) is 0.766. The SMILES string of the molecule is CC#CCCC(NCCC)c1cc(F)ccc1Br. The smallest absolute Gasteiger partial charge is 0.123 e. The molecule has 1 N–H and O–H groups in total. The van der Waals surface area contributed by atoms with E-state index in [0.29, 0.717) is 0 Å². The van der Waals surface area contributed by atoms with Crippen molar-refractivity contribution in [3.8, 4) is 11.8 Å².